The molecule has 1 N–H and O–H groups in total. The number of nitrogens with zero attached hydrogens (tertiary/aromatic N) is 1. The van der Waals surface area contributed by atoms with E-state index in [1.165, 1.54) is 4.31 Å². The van der Waals surface area contributed by atoms with Gasteiger partial charge in [0.25, 0.3) is 0 Å². The average molecular weight is 439 g/mol. The van der Waals surface area contributed by atoms with Gasteiger partial charge in [-0.25, -0.2) is 8.42 Å². The van der Waals surface area contributed by atoms with Crippen LogP contribution in [0.2, 0.25) is 0 Å². The first-order valence-electron chi connectivity index (χ1n) is 10.3. The highest BCUT2D eigenvalue weighted by Gasteiger charge is 2.32. The molecule has 162 valence electrons. The van der Waals surface area contributed by atoms with Crippen LogP contribution < -0.4 is 10.1 Å². The summed E-state index contributed by atoms with van der Waals surface area (Å²) in [5.74, 6) is 0.259. The van der Waals surface area contributed by atoms with Crippen LogP contribution in [0.1, 0.15) is 18.4 Å². The number of nitrogens with one attached hydrogen (secondary N) is 1. The predicted molar refractivity (Wildman–Crippen MR) is 122 cm³/mol. The number of rotatable bonds is 5. The van der Waals surface area contributed by atoms with E-state index in [9.17, 15) is 13.2 Å². The van der Waals surface area contributed by atoms with Gasteiger partial charge in [0, 0.05) is 19.0 Å². The van der Waals surface area contributed by atoms with Crippen LogP contribution >= 0.6 is 0 Å². The summed E-state index contributed by atoms with van der Waals surface area (Å²) in [6.07, 6.45) is 0.958. The summed E-state index contributed by atoms with van der Waals surface area (Å²) in [6, 6.07) is 18.5. The van der Waals surface area contributed by atoms with E-state index in [-0.39, 0.29) is 11.8 Å². The smallest absolute Gasteiger partial charge is 0.243 e. The van der Waals surface area contributed by atoms with Crippen molar-refractivity contribution in [2.24, 2.45) is 5.92 Å². The molecule has 1 heterocycles. The first-order chi connectivity index (χ1) is 14.9. The molecule has 1 fully saturated rings. The maximum Gasteiger partial charge on any atom is 0.243 e. The number of hydrogen-bond donors (Lipinski definition) is 1. The Morgan fingerprint density at radius 1 is 1.00 bits per heavy atom. The normalized spacial score (nSPS) is 15.7. The first kappa shape index (κ1) is 21.3. The number of anilines is 1. The Hall–Kier alpha value is -2.90. The van der Waals surface area contributed by atoms with Crippen LogP contribution in [-0.2, 0) is 14.8 Å². The van der Waals surface area contributed by atoms with Crippen molar-refractivity contribution < 1.29 is 17.9 Å². The molecule has 3 aromatic rings. The summed E-state index contributed by atoms with van der Waals surface area (Å²) < 4.78 is 33.1. The van der Waals surface area contributed by atoms with Crippen molar-refractivity contribution in [3.05, 3.63) is 66.2 Å². The van der Waals surface area contributed by atoms with Crippen molar-refractivity contribution in [2.45, 2.75) is 24.7 Å². The van der Waals surface area contributed by atoms with Gasteiger partial charge >= 0.3 is 0 Å². The van der Waals surface area contributed by atoms with Gasteiger partial charge in [-0.1, -0.05) is 36.4 Å². The Labute approximate surface area is 182 Å². The van der Waals surface area contributed by atoms with Crippen LogP contribution in [0.3, 0.4) is 0 Å². The number of carbonyl (C=O) groups excluding carboxylic acids is 1. The number of fused-ring (bicyclic) bond motifs is 1. The fourth-order valence-corrected chi connectivity index (χ4v) is 5.50. The SMILES string of the molecule is COc1ccc(C)cc1NC(=O)C1CCN(S(=O)(=O)c2ccc3ccccc3c2)CC1. The summed E-state index contributed by atoms with van der Waals surface area (Å²) in [4.78, 5) is 13.1. The summed E-state index contributed by atoms with van der Waals surface area (Å²) in [5.41, 5.74) is 1.66. The topological polar surface area (TPSA) is 75.7 Å². The van der Waals surface area contributed by atoms with Gasteiger partial charge in [-0.15, -0.1) is 0 Å². The minimum atomic E-state index is -3.60. The second-order valence-electron chi connectivity index (χ2n) is 7.88. The van der Waals surface area contributed by atoms with Gasteiger partial charge in [-0.05, 0) is 60.4 Å². The zero-order valence-electron chi connectivity index (χ0n) is 17.7. The Bertz CT molecular complexity index is 1220. The second-order valence-corrected chi connectivity index (χ2v) is 9.82. The molecule has 1 saturated heterocycles. The van der Waals surface area contributed by atoms with E-state index >= 15 is 0 Å². The lowest BCUT2D eigenvalue weighted by molar-refractivity contribution is -0.120. The summed E-state index contributed by atoms with van der Waals surface area (Å²) in [6.45, 7) is 2.58. The Morgan fingerprint density at radius 2 is 1.71 bits per heavy atom. The molecule has 3 aromatic carbocycles. The lowest BCUT2D eigenvalue weighted by Crippen LogP contribution is -2.41. The van der Waals surface area contributed by atoms with Crippen molar-refractivity contribution in [1.82, 2.24) is 4.31 Å². The number of piperidine rings is 1. The number of methoxy groups -OCH3 is 1. The highest BCUT2D eigenvalue weighted by atomic mass is 32.2. The number of amides is 1. The van der Waals surface area contributed by atoms with E-state index in [0.717, 1.165) is 16.3 Å². The third kappa shape index (κ3) is 4.43. The van der Waals surface area contributed by atoms with Gasteiger partial charge < -0.3 is 10.1 Å². The highest BCUT2D eigenvalue weighted by Crippen LogP contribution is 2.29. The van der Waals surface area contributed by atoms with Crippen LogP contribution in [0.5, 0.6) is 5.75 Å². The second kappa shape index (κ2) is 8.69. The van der Waals surface area contributed by atoms with Crippen LogP contribution in [0.25, 0.3) is 10.8 Å². The third-order valence-electron chi connectivity index (χ3n) is 5.80. The molecule has 0 saturated carbocycles. The Kier molecular flexibility index (Phi) is 5.98. The summed E-state index contributed by atoms with van der Waals surface area (Å²) >= 11 is 0. The minimum absolute atomic E-state index is 0.105. The van der Waals surface area contributed by atoms with E-state index in [1.807, 2.05) is 55.5 Å². The molecule has 0 aliphatic carbocycles. The predicted octanol–water partition coefficient (Wildman–Crippen LogP) is 4.20. The number of aryl methyl sites for hydroxylation is 1. The molecule has 1 amide bonds. The van der Waals surface area contributed by atoms with E-state index in [0.29, 0.717) is 42.3 Å². The monoisotopic (exact) mass is 438 g/mol. The number of carbonyl (C=O) groups is 1. The molecule has 0 atom stereocenters. The fourth-order valence-electron chi connectivity index (χ4n) is 3.99. The van der Waals surface area contributed by atoms with Crippen LogP contribution in [0.15, 0.2) is 65.6 Å². The molecule has 31 heavy (non-hydrogen) atoms. The van der Waals surface area contributed by atoms with E-state index in [4.69, 9.17) is 4.74 Å². The molecule has 1 aliphatic rings. The Balaban J connectivity index is 1.44. The molecular weight excluding hydrogens is 412 g/mol. The van der Waals surface area contributed by atoms with Crippen LogP contribution in [0.4, 0.5) is 5.69 Å². The van der Waals surface area contributed by atoms with Gasteiger partial charge in [0.1, 0.15) is 5.75 Å². The number of ether oxygens (including phenoxy) is 1. The fraction of sp³-hybridized carbons (Fsp3) is 0.292. The molecular formula is C24H26N2O4S. The quantitative estimate of drug-likeness (QED) is 0.648. The minimum Gasteiger partial charge on any atom is -0.495 e. The van der Waals surface area contributed by atoms with Crippen LogP contribution in [-0.4, -0.2) is 38.8 Å². The maximum absolute atomic E-state index is 13.1. The molecule has 0 spiro atoms. The molecule has 0 radical (unpaired) electrons. The zero-order valence-corrected chi connectivity index (χ0v) is 18.5. The lowest BCUT2D eigenvalue weighted by atomic mass is 9.97. The number of sulfonamides is 1. The average Bonchev–Trinajstić information content (AvgIpc) is 2.79. The molecule has 6 nitrogen and oxygen atoms in total. The third-order valence-corrected chi connectivity index (χ3v) is 7.69. The first-order valence-corrected chi connectivity index (χ1v) is 11.8. The largest absolute Gasteiger partial charge is 0.495 e. The van der Waals surface area contributed by atoms with Gasteiger partial charge in [-0.3, -0.25) is 4.79 Å². The van der Waals surface area contributed by atoms with Crippen molar-refractivity contribution >= 4 is 32.4 Å². The zero-order chi connectivity index (χ0) is 22.0. The molecule has 1 aliphatic heterocycles. The van der Waals surface area contributed by atoms with E-state index in [2.05, 4.69) is 5.32 Å². The van der Waals surface area contributed by atoms with Gasteiger partial charge in [-0.2, -0.15) is 4.31 Å². The molecule has 7 heteroatoms. The van der Waals surface area contributed by atoms with Crippen molar-refractivity contribution in [3.8, 4) is 5.75 Å². The molecule has 0 bridgehead atoms. The standard InChI is InChI=1S/C24H26N2O4S/c1-17-7-10-23(30-2)22(15-17)25-24(27)19-11-13-26(14-12-19)31(28,29)21-9-8-18-5-3-4-6-20(18)16-21/h3-10,15-16,19H,11-14H2,1-2H3,(H,25,27). The van der Waals surface area contributed by atoms with Crippen LogP contribution in [0, 0.1) is 12.8 Å². The van der Waals surface area contributed by atoms with Gasteiger partial charge in [0.05, 0.1) is 17.7 Å². The Morgan fingerprint density at radius 3 is 2.42 bits per heavy atom. The molecule has 0 unspecified atom stereocenters. The van der Waals surface area contributed by atoms with Gasteiger partial charge in [0.2, 0.25) is 15.9 Å². The summed E-state index contributed by atoms with van der Waals surface area (Å²) in [7, 11) is -2.03. The summed E-state index contributed by atoms with van der Waals surface area (Å²) in [5, 5.41) is 4.84. The number of hydrogen-bond acceptors (Lipinski definition) is 4. The van der Waals surface area contributed by atoms with E-state index < -0.39 is 10.0 Å². The maximum atomic E-state index is 13.1. The van der Waals surface area contributed by atoms with E-state index in [1.54, 1.807) is 19.2 Å². The highest BCUT2D eigenvalue weighted by molar-refractivity contribution is 7.89. The lowest BCUT2D eigenvalue weighted by Gasteiger charge is -2.30. The van der Waals surface area contributed by atoms with Crippen molar-refractivity contribution in [1.29, 1.82) is 0 Å². The molecule has 0 aromatic heterocycles. The molecule has 4 rings (SSSR count). The number of benzene rings is 3. The van der Waals surface area contributed by atoms with Crippen molar-refractivity contribution in [2.75, 3.05) is 25.5 Å². The van der Waals surface area contributed by atoms with Gasteiger partial charge in [0.15, 0.2) is 0 Å². The van der Waals surface area contributed by atoms with Crippen molar-refractivity contribution in [3.63, 3.8) is 0 Å².